The van der Waals surface area contributed by atoms with Crippen molar-refractivity contribution >= 4 is 38.5 Å². The predicted molar refractivity (Wildman–Crippen MR) is 51.9 cm³/mol. The Morgan fingerprint density at radius 1 is 1.42 bits per heavy atom. The highest BCUT2D eigenvalue weighted by atomic mass is 127. The number of alkyl halides is 3. The first kappa shape index (κ1) is 6.64. The van der Waals surface area contributed by atoms with Crippen LogP contribution < -0.4 is 0 Å². The van der Waals surface area contributed by atoms with Crippen LogP contribution in [0.5, 0.6) is 0 Å². The fourth-order valence-corrected chi connectivity index (χ4v) is 1.08. The summed E-state index contributed by atoms with van der Waals surface area (Å²) in [7, 11) is 0. The fourth-order valence-electron chi connectivity index (χ4n) is 0.510. The number of halogens is 5. The van der Waals surface area contributed by atoms with Crippen LogP contribution in [-0.2, 0) is 6.18 Å². The van der Waals surface area contributed by atoms with Crippen LogP contribution in [0.2, 0.25) is 0 Å². The molecular formula is C7H3BrF3I. The molecule has 66 valence electrons. The molecule has 0 amide bonds. The lowest BCUT2D eigenvalue weighted by atomic mass is 10.2. The van der Waals surface area contributed by atoms with Gasteiger partial charge in [0.1, 0.15) is 0 Å². The zero-order valence-electron chi connectivity index (χ0n) is 8.39. The van der Waals surface area contributed by atoms with E-state index in [1.54, 1.807) is 22.6 Å². The van der Waals surface area contributed by atoms with E-state index in [4.69, 9.17) is 4.11 Å². The predicted octanol–water partition coefficient (Wildman–Crippen LogP) is 4.07. The van der Waals surface area contributed by atoms with Gasteiger partial charge in [-0.2, -0.15) is 13.2 Å². The molecule has 0 heterocycles. The Hall–Kier alpha value is 0.220. The van der Waals surface area contributed by atoms with E-state index >= 15 is 0 Å². The van der Waals surface area contributed by atoms with Gasteiger partial charge in [-0.05, 0) is 56.6 Å². The maximum Gasteiger partial charge on any atom is 0.416 e. The van der Waals surface area contributed by atoms with Crippen molar-refractivity contribution in [1.29, 1.82) is 0 Å². The Labute approximate surface area is 93.6 Å². The fraction of sp³-hybridized carbons (Fsp3) is 0.143. The quantitative estimate of drug-likeness (QED) is 0.617. The third-order valence-electron chi connectivity index (χ3n) is 1.01. The van der Waals surface area contributed by atoms with Crippen molar-refractivity contribution in [3.63, 3.8) is 0 Å². The number of hydrogen-bond acceptors (Lipinski definition) is 0. The maximum absolute atomic E-state index is 12.5. The Morgan fingerprint density at radius 3 is 2.50 bits per heavy atom. The van der Waals surface area contributed by atoms with Crippen LogP contribution in [0.15, 0.2) is 22.6 Å². The Bertz CT molecular complexity index is 390. The molecule has 0 radical (unpaired) electrons. The van der Waals surface area contributed by atoms with Gasteiger partial charge in [-0.3, -0.25) is 0 Å². The second-order valence-corrected chi connectivity index (χ2v) is 3.75. The van der Waals surface area contributed by atoms with Gasteiger partial charge in [0.25, 0.3) is 0 Å². The van der Waals surface area contributed by atoms with Crippen molar-refractivity contribution in [2.75, 3.05) is 0 Å². The third-order valence-corrected chi connectivity index (χ3v) is 3.15. The monoisotopic (exact) mass is 353 g/mol. The molecule has 0 aliphatic heterocycles. The smallest absolute Gasteiger partial charge is 0.166 e. The normalized spacial score (nSPS) is 15.2. The molecule has 0 atom stereocenters. The van der Waals surface area contributed by atoms with Gasteiger partial charge in [0.05, 0.1) is 9.68 Å². The number of benzene rings is 1. The summed E-state index contributed by atoms with van der Waals surface area (Å²) in [5.41, 5.74) is -1.38. The summed E-state index contributed by atoms with van der Waals surface area (Å²) in [5.74, 6) is 0. The number of hydrogen-bond donors (Lipinski definition) is 0. The lowest BCUT2D eigenvalue weighted by molar-refractivity contribution is -0.137. The molecule has 0 aliphatic rings. The van der Waals surface area contributed by atoms with Crippen LogP contribution in [0.4, 0.5) is 13.2 Å². The summed E-state index contributed by atoms with van der Waals surface area (Å²) in [4.78, 5) is 0. The summed E-state index contributed by atoms with van der Waals surface area (Å²) in [6.07, 6.45) is -4.78. The summed E-state index contributed by atoms with van der Waals surface area (Å²) in [6, 6.07) is -2.28. The van der Waals surface area contributed by atoms with Gasteiger partial charge in [0, 0.05) is 8.04 Å². The van der Waals surface area contributed by atoms with Crippen LogP contribution in [0.3, 0.4) is 0 Å². The molecular weight excluding hydrogens is 348 g/mol. The van der Waals surface area contributed by atoms with Crippen LogP contribution >= 0.6 is 38.5 Å². The topological polar surface area (TPSA) is 0 Å². The van der Waals surface area contributed by atoms with Crippen molar-refractivity contribution < 1.29 is 17.3 Å². The summed E-state index contributed by atoms with van der Waals surface area (Å²) >= 11 is 4.43. The molecule has 0 saturated heterocycles. The van der Waals surface area contributed by atoms with E-state index in [-0.39, 0.29) is 8.04 Å². The second-order valence-electron chi connectivity index (χ2n) is 1.88. The molecule has 12 heavy (non-hydrogen) atoms. The van der Waals surface area contributed by atoms with E-state index in [9.17, 15) is 13.2 Å². The molecule has 1 aromatic rings. The lowest BCUT2D eigenvalue weighted by Gasteiger charge is -2.06. The Kier molecular flexibility index (Phi) is 1.95. The maximum atomic E-state index is 12.5. The van der Waals surface area contributed by atoms with Crippen LogP contribution in [0, 0.1) is 3.57 Å². The minimum atomic E-state index is -4.78. The van der Waals surface area contributed by atoms with Gasteiger partial charge in [0.15, 0.2) is 0 Å². The molecule has 1 aromatic carbocycles. The lowest BCUT2D eigenvalue weighted by Crippen LogP contribution is -2.04. The molecule has 0 N–H and O–H groups in total. The Balaban J connectivity index is 3.68. The molecule has 0 aromatic heterocycles. The van der Waals surface area contributed by atoms with Gasteiger partial charge in [-0.15, -0.1) is 0 Å². The summed E-state index contributed by atoms with van der Waals surface area (Å²) in [6.45, 7) is 0. The Morgan fingerprint density at radius 2 is 2.00 bits per heavy atom. The van der Waals surface area contributed by atoms with Crippen molar-refractivity contribution in [3.8, 4) is 0 Å². The molecule has 1 rings (SSSR count). The first-order valence-electron chi connectivity index (χ1n) is 4.19. The van der Waals surface area contributed by atoms with E-state index in [1.165, 1.54) is 0 Å². The standard InChI is InChI=1S/C7H3BrF3I/c8-5-3-4(7(9,10)11)1-2-6(5)12/h1-3H/i1D,2D,3D. The summed E-state index contributed by atoms with van der Waals surface area (Å²) in [5, 5.41) is 0. The molecule has 0 aliphatic carbocycles. The van der Waals surface area contributed by atoms with Gasteiger partial charge >= 0.3 is 6.18 Å². The molecule has 0 fully saturated rings. The number of rotatable bonds is 0. The molecule has 0 nitrogen and oxygen atoms in total. The van der Waals surface area contributed by atoms with E-state index < -0.39 is 29.9 Å². The first-order valence-corrected chi connectivity index (χ1v) is 4.57. The molecule has 0 bridgehead atoms. The van der Waals surface area contributed by atoms with Crippen molar-refractivity contribution in [2.24, 2.45) is 0 Å². The van der Waals surface area contributed by atoms with Crippen molar-refractivity contribution in [3.05, 3.63) is 31.7 Å². The summed E-state index contributed by atoms with van der Waals surface area (Å²) < 4.78 is 59.1. The SMILES string of the molecule is [2H]c1c([2H])c(C(F)(F)F)c([2H])c(Br)c1I. The highest BCUT2D eigenvalue weighted by molar-refractivity contribution is 14.1. The van der Waals surface area contributed by atoms with Gasteiger partial charge in [0.2, 0.25) is 0 Å². The van der Waals surface area contributed by atoms with Gasteiger partial charge in [-0.25, -0.2) is 0 Å². The zero-order valence-corrected chi connectivity index (χ0v) is 9.13. The molecule has 0 saturated carbocycles. The van der Waals surface area contributed by atoms with Crippen LogP contribution in [0.25, 0.3) is 0 Å². The average Bonchev–Trinajstić information content (AvgIpc) is 2.09. The molecule has 0 unspecified atom stereocenters. The largest absolute Gasteiger partial charge is 0.416 e. The molecule has 5 heteroatoms. The van der Waals surface area contributed by atoms with Crippen LogP contribution in [-0.4, -0.2) is 0 Å². The third kappa shape index (κ3) is 2.35. The first-order chi connectivity index (χ1) is 6.68. The van der Waals surface area contributed by atoms with Crippen molar-refractivity contribution in [1.82, 2.24) is 0 Å². The zero-order chi connectivity index (χ0) is 12.0. The average molecular weight is 354 g/mol. The van der Waals surface area contributed by atoms with Crippen molar-refractivity contribution in [2.45, 2.75) is 6.18 Å². The minimum absolute atomic E-state index is 0.101. The van der Waals surface area contributed by atoms with Gasteiger partial charge < -0.3 is 0 Å². The highest BCUT2D eigenvalue weighted by Crippen LogP contribution is 2.32. The highest BCUT2D eigenvalue weighted by Gasteiger charge is 2.30. The van der Waals surface area contributed by atoms with E-state index in [0.717, 1.165) is 0 Å². The second kappa shape index (κ2) is 3.53. The van der Waals surface area contributed by atoms with Gasteiger partial charge in [-0.1, -0.05) is 0 Å². The van der Waals surface area contributed by atoms with E-state index in [2.05, 4.69) is 15.9 Å². The van der Waals surface area contributed by atoms with E-state index in [1.807, 2.05) is 0 Å². The van der Waals surface area contributed by atoms with E-state index in [0.29, 0.717) is 0 Å². The van der Waals surface area contributed by atoms with Crippen LogP contribution in [0.1, 0.15) is 9.68 Å². The minimum Gasteiger partial charge on any atom is -0.166 e. The molecule has 0 spiro atoms.